The first-order valence-electron chi connectivity index (χ1n) is 5.05. The lowest BCUT2D eigenvalue weighted by molar-refractivity contribution is 0.364. The molecule has 1 heterocycles. The Morgan fingerprint density at radius 1 is 1.50 bits per heavy atom. The molecule has 0 radical (unpaired) electrons. The highest BCUT2D eigenvalue weighted by molar-refractivity contribution is 5.07. The van der Waals surface area contributed by atoms with Gasteiger partial charge in [-0.3, -0.25) is 0 Å². The number of hydrogen-bond donors (Lipinski definition) is 1. The molecule has 0 fully saturated rings. The average molecular weight is 196 g/mol. The molecule has 0 aliphatic carbocycles. The topological polar surface area (TPSA) is 28.4 Å². The minimum Gasteiger partial charge on any atom is -0.472 e. The van der Waals surface area contributed by atoms with Crippen molar-refractivity contribution in [2.24, 2.45) is 0 Å². The third-order valence-electron chi connectivity index (χ3n) is 2.40. The summed E-state index contributed by atoms with van der Waals surface area (Å²) < 4.78 is 5.05. The van der Waals surface area contributed by atoms with Gasteiger partial charge in [0, 0.05) is 6.04 Å². The van der Waals surface area contributed by atoms with Gasteiger partial charge in [-0.25, -0.2) is 0 Å². The van der Waals surface area contributed by atoms with Crippen molar-refractivity contribution in [3.8, 4) is 0 Å². The molecule has 1 atom stereocenters. The van der Waals surface area contributed by atoms with Gasteiger partial charge in [-0.15, -0.1) is 0 Å². The molecule has 1 rings (SSSR count). The molecule has 3 heteroatoms. The smallest absolute Gasteiger partial charge is 0.0935 e. The molecule has 1 aromatic rings. The zero-order valence-electron chi connectivity index (χ0n) is 9.29. The third kappa shape index (κ3) is 3.94. The maximum Gasteiger partial charge on any atom is 0.0935 e. The van der Waals surface area contributed by atoms with E-state index in [0.717, 1.165) is 19.4 Å². The minimum atomic E-state index is 0.537. The van der Waals surface area contributed by atoms with Gasteiger partial charge >= 0.3 is 0 Å². The van der Waals surface area contributed by atoms with Crippen LogP contribution in [-0.4, -0.2) is 38.6 Å². The van der Waals surface area contributed by atoms with E-state index in [1.165, 1.54) is 5.56 Å². The van der Waals surface area contributed by atoms with Crippen LogP contribution in [0, 0.1) is 0 Å². The van der Waals surface area contributed by atoms with Gasteiger partial charge in [0.25, 0.3) is 0 Å². The van der Waals surface area contributed by atoms with E-state index >= 15 is 0 Å². The minimum absolute atomic E-state index is 0.537. The number of furan rings is 1. The molecule has 0 bridgehead atoms. The van der Waals surface area contributed by atoms with Crippen molar-refractivity contribution in [3.05, 3.63) is 24.2 Å². The zero-order chi connectivity index (χ0) is 10.4. The Morgan fingerprint density at radius 3 is 2.79 bits per heavy atom. The summed E-state index contributed by atoms with van der Waals surface area (Å²) in [7, 11) is 6.22. The largest absolute Gasteiger partial charge is 0.472 e. The van der Waals surface area contributed by atoms with Crippen LogP contribution in [0.2, 0.25) is 0 Å². The number of nitrogens with zero attached hydrogens (tertiary/aromatic N) is 1. The summed E-state index contributed by atoms with van der Waals surface area (Å²) in [5.41, 5.74) is 1.27. The number of likely N-dealkylation sites (N-methyl/N-ethyl adjacent to an activating group) is 1. The molecule has 0 saturated carbocycles. The summed E-state index contributed by atoms with van der Waals surface area (Å²) in [5.74, 6) is 0. The summed E-state index contributed by atoms with van der Waals surface area (Å²) in [6.07, 6.45) is 5.75. The van der Waals surface area contributed by atoms with Crippen LogP contribution < -0.4 is 5.32 Å². The fourth-order valence-corrected chi connectivity index (χ4v) is 1.46. The Labute approximate surface area is 86.1 Å². The highest BCUT2D eigenvalue weighted by Gasteiger charge is 2.08. The Bertz CT molecular complexity index is 231. The second-order valence-electron chi connectivity index (χ2n) is 3.91. The lowest BCUT2D eigenvalue weighted by Gasteiger charge is -2.17. The van der Waals surface area contributed by atoms with Crippen LogP contribution in [0.5, 0.6) is 0 Å². The summed E-state index contributed by atoms with van der Waals surface area (Å²) in [4.78, 5) is 2.21. The Kier molecular flexibility index (Phi) is 4.70. The van der Waals surface area contributed by atoms with Crippen LogP contribution in [0.3, 0.4) is 0 Å². The highest BCUT2D eigenvalue weighted by Crippen LogP contribution is 2.06. The van der Waals surface area contributed by atoms with Gasteiger partial charge < -0.3 is 14.6 Å². The maximum absolute atomic E-state index is 5.05. The van der Waals surface area contributed by atoms with Gasteiger partial charge in [0.15, 0.2) is 0 Å². The molecule has 0 aromatic carbocycles. The van der Waals surface area contributed by atoms with Crippen molar-refractivity contribution >= 4 is 0 Å². The summed E-state index contributed by atoms with van der Waals surface area (Å²) in [5, 5.41) is 3.33. The molecule has 1 aromatic heterocycles. The van der Waals surface area contributed by atoms with E-state index in [1.54, 1.807) is 6.26 Å². The first-order valence-corrected chi connectivity index (χ1v) is 5.05. The van der Waals surface area contributed by atoms with E-state index in [9.17, 15) is 0 Å². The fourth-order valence-electron chi connectivity index (χ4n) is 1.46. The van der Waals surface area contributed by atoms with Crippen molar-refractivity contribution in [2.45, 2.75) is 18.9 Å². The van der Waals surface area contributed by atoms with Crippen LogP contribution >= 0.6 is 0 Å². The summed E-state index contributed by atoms with van der Waals surface area (Å²) in [6.45, 7) is 1.11. The molecule has 0 amide bonds. The van der Waals surface area contributed by atoms with Crippen LogP contribution in [0.25, 0.3) is 0 Å². The lowest BCUT2D eigenvalue weighted by Crippen LogP contribution is -2.31. The monoisotopic (exact) mass is 196 g/mol. The van der Waals surface area contributed by atoms with E-state index < -0.39 is 0 Å². The molecular weight excluding hydrogens is 176 g/mol. The molecule has 0 aliphatic rings. The molecule has 0 aliphatic heterocycles. The predicted octanol–water partition coefficient (Wildman–Crippen LogP) is 1.36. The Hall–Kier alpha value is -0.800. The van der Waals surface area contributed by atoms with Crippen LogP contribution in [0.4, 0.5) is 0 Å². The molecular formula is C11H20N2O. The lowest BCUT2D eigenvalue weighted by atomic mass is 10.1. The third-order valence-corrected chi connectivity index (χ3v) is 2.40. The Balaban J connectivity index is 2.32. The van der Waals surface area contributed by atoms with Crippen LogP contribution in [0.15, 0.2) is 23.0 Å². The second-order valence-corrected chi connectivity index (χ2v) is 3.91. The quantitative estimate of drug-likeness (QED) is 0.744. The van der Waals surface area contributed by atoms with Crippen molar-refractivity contribution in [1.82, 2.24) is 10.2 Å². The first-order chi connectivity index (χ1) is 6.72. The van der Waals surface area contributed by atoms with Gasteiger partial charge in [0.05, 0.1) is 12.5 Å². The average Bonchev–Trinajstić information content (AvgIpc) is 2.64. The van der Waals surface area contributed by atoms with Crippen molar-refractivity contribution in [3.63, 3.8) is 0 Å². The van der Waals surface area contributed by atoms with E-state index in [4.69, 9.17) is 4.42 Å². The van der Waals surface area contributed by atoms with Crippen LogP contribution in [0.1, 0.15) is 12.0 Å². The van der Waals surface area contributed by atoms with Gasteiger partial charge in [-0.1, -0.05) is 0 Å². The molecule has 1 N–H and O–H groups in total. The number of hydrogen-bond acceptors (Lipinski definition) is 3. The fraction of sp³-hybridized carbons (Fsp3) is 0.636. The molecule has 14 heavy (non-hydrogen) atoms. The van der Waals surface area contributed by atoms with Gasteiger partial charge in [0.1, 0.15) is 0 Å². The van der Waals surface area contributed by atoms with E-state index in [2.05, 4.69) is 24.3 Å². The number of nitrogens with one attached hydrogen (secondary N) is 1. The molecule has 1 unspecified atom stereocenters. The summed E-state index contributed by atoms with van der Waals surface area (Å²) in [6, 6.07) is 2.56. The highest BCUT2D eigenvalue weighted by atomic mass is 16.3. The van der Waals surface area contributed by atoms with Gasteiger partial charge in [-0.05, 0) is 52.2 Å². The van der Waals surface area contributed by atoms with Crippen molar-refractivity contribution < 1.29 is 4.42 Å². The van der Waals surface area contributed by atoms with Gasteiger partial charge in [-0.2, -0.15) is 0 Å². The van der Waals surface area contributed by atoms with E-state index in [-0.39, 0.29) is 0 Å². The first kappa shape index (κ1) is 11.3. The molecule has 3 nitrogen and oxygen atoms in total. The Morgan fingerprint density at radius 2 is 2.29 bits per heavy atom. The predicted molar refractivity (Wildman–Crippen MR) is 58.4 cm³/mol. The van der Waals surface area contributed by atoms with Crippen molar-refractivity contribution in [2.75, 3.05) is 27.7 Å². The molecule has 0 spiro atoms. The SMILES string of the molecule is CNC(CCN(C)C)Cc1ccoc1. The number of rotatable bonds is 6. The van der Waals surface area contributed by atoms with Crippen molar-refractivity contribution in [1.29, 1.82) is 0 Å². The molecule has 80 valence electrons. The van der Waals surface area contributed by atoms with Gasteiger partial charge in [0.2, 0.25) is 0 Å². The summed E-state index contributed by atoms with van der Waals surface area (Å²) >= 11 is 0. The molecule has 0 saturated heterocycles. The second kappa shape index (κ2) is 5.83. The van der Waals surface area contributed by atoms with E-state index in [1.807, 2.05) is 19.4 Å². The normalized spacial score (nSPS) is 13.4. The standard InChI is InChI=1S/C11H20N2O/c1-12-11(4-6-13(2)3)8-10-5-7-14-9-10/h5,7,9,11-12H,4,6,8H2,1-3H3. The maximum atomic E-state index is 5.05. The zero-order valence-corrected chi connectivity index (χ0v) is 9.29. The van der Waals surface area contributed by atoms with E-state index in [0.29, 0.717) is 6.04 Å². The van der Waals surface area contributed by atoms with Crippen LogP contribution in [-0.2, 0) is 6.42 Å².